The van der Waals surface area contributed by atoms with Crippen molar-refractivity contribution in [2.24, 2.45) is 0 Å². The molecular formula is C28H22Cl2F3N5O6S. The molecule has 2 aliphatic rings. The number of fused-ring (bicyclic) bond motifs is 1. The van der Waals surface area contributed by atoms with Crippen molar-refractivity contribution in [3.63, 3.8) is 0 Å². The van der Waals surface area contributed by atoms with E-state index in [1.165, 1.54) is 33.7 Å². The summed E-state index contributed by atoms with van der Waals surface area (Å²) in [6.45, 7) is -0.257. The summed E-state index contributed by atoms with van der Waals surface area (Å²) in [4.78, 5) is 45.8. The van der Waals surface area contributed by atoms with Crippen LogP contribution in [-0.2, 0) is 22.6 Å². The van der Waals surface area contributed by atoms with E-state index in [2.05, 4.69) is 4.98 Å². The zero-order valence-electron chi connectivity index (χ0n) is 23.0. The molecule has 0 aliphatic carbocycles. The molecule has 0 saturated carbocycles. The lowest BCUT2D eigenvalue weighted by molar-refractivity contribution is -0.137. The van der Waals surface area contributed by atoms with Crippen molar-refractivity contribution < 1.29 is 36.3 Å². The first-order chi connectivity index (χ1) is 21.1. The molecule has 2 aromatic carbocycles. The molecule has 1 N–H and O–H groups in total. The lowest BCUT2D eigenvalue weighted by Crippen LogP contribution is -2.46. The number of amides is 2. The number of nitrogens with zero attached hydrogens (tertiary/aromatic N) is 5. The molecule has 1 saturated heterocycles. The quantitative estimate of drug-likeness (QED) is 0.408. The highest BCUT2D eigenvalue weighted by atomic mass is 35.5. The van der Waals surface area contributed by atoms with E-state index in [1.807, 2.05) is 0 Å². The molecule has 0 radical (unpaired) electrons. The topological polar surface area (TPSA) is 154 Å². The van der Waals surface area contributed by atoms with Crippen molar-refractivity contribution in [1.29, 1.82) is 5.26 Å². The van der Waals surface area contributed by atoms with E-state index in [-0.39, 0.29) is 58.9 Å². The average Bonchev–Trinajstić information content (AvgIpc) is 3.48. The minimum Gasteiger partial charge on any atom is -0.501 e. The maximum Gasteiger partial charge on any atom is 0.417 e. The van der Waals surface area contributed by atoms with Gasteiger partial charge in [0.1, 0.15) is 5.82 Å². The molecular weight excluding hydrogens is 662 g/mol. The highest BCUT2D eigenvalue weighted by molar-refractivity contribution is 7.91. The van der Waals surface area contributed by atoms with Crippen molar-refractivity contribution in [1.82, 2.24) is 19.4 Å². The Balaban J connectivity index is 1.43. The molecule has 2 aliphatic heterocycles. The van der Waals surface area contributed by atoms with Crippen LogP contribution in [0.2, 0.25) is 10.0 Å². The molecule has 0 spiro atoms. The lowest BCUT2D eigenvalue weighted by atomic mass is 10.0. The Kier molecular flexibility index (Phi) is 8.60. The number of hydrogen-bond acceptors (Lipinski definition) is 8. The van der Waals surface area contributed by atoms with Crippen LogP contribution in [0.3, 0.4) is 0 Å². The number of carbonyl (C=O) groups is 2. The molecule has 1 fully saturated rings. The normalized spacial score (nSPS) is 16.9. The Morgan fingerprint density at radius 3 is 2.49 bits per heavy atom. The van der Waals surface area contributed by atoms with Gasteiger partial charge in [-0.3, -0.25) is 14.4 Å². The van der Waals surface area contributed by atoms with Gasteiger partial charge in [0, 0.05) is 31.7 Å². The standard InChI is InChI=1S/C28H22Cl2F3N5O6S/c29-19-6-5-17(13-20(19)30)45(43,44)11-10-36-8-9-38-22(27(36)42)23(39)25(40)35-24(38)21-2-1-7-37(21)26(41)15-3-4-16(14-34)18(12-15)28(31,32)33/h3-6,12-13,21,39H,1-2,7-11H2. The summed E-state index contributed by atoms with van der Waals surface area (Å²) in [5, 5.41) is 19.8. The summed E-state index contributed by atoms with van der Waals surface area (Å²) in [7, 11) is -3.91. The Morgan fingerprint density at radius 2 is 1.82 bits per heavy atom. The molecule has 1 atom stereocenters. The summed E-state index contributed by atoms with van der Waals surface area (Å²) in [6.07, 6.45) is -4.23. The van der Waals surface area contributed by atoms with Gasteiger partial charge in [0.15, 0.2) is 15.5 Å². The number of rotatable bonds is 6. The van der Waals surface area contributed by atoms with E-state index in [4.69, 9.17) is 28.5 Å². The highest BCUT2D eigenvalue weighted by Crippen LogP contribution is 2.36. The van der Waals surface area contributed by atoms with Gasteiger partial charge in [0.25, 0.3) is 11.8 Å². The predicted molar refractivity (Wildman–Crippen MR) is 154 cm³/mol. The third-order valence-corrected chi connectivity index (χ3v) is 10.1. The van der Waals surface area contributed by atoms with Crippen LogP contribution in [-0.4, -0.2) is 70.1 Å². The molecule has 11 nitrogen and oxygen atoms in total. The van der Waals surface area contributed by atoms with Crippen LogP contribution in [0.15, 0.2) is 46.1 Å². The summed E-state index contributed by atoms with van der Waals surface area (Å²) >= 11 is 11.8. The minimum absolute atomic E-state index is 0.0301. The SMILES string of the molecule is N#Cc1ccc(C(=O)N2CCCC2c2nc(=O)c(O)c3n2CCN(CCS(=O)(=O)c2ccc(Cl)c(Cl)c2)C3=O)cc1C(F)(F)F. The average molecular weight is 684 g/mol. The number of alkyl halides is 3. The van der Waals surface area contributed by atoms with Gasteiger partial charge in [0.2, 0.25) is 5.75 Å². The van der Waals surface area contributed by atoms with Gasteiger partial charge in [-0.2, -0.15) is 23.4 Å². The number of aromatic hydroxyl groups is 1. The van der Waals surface area contributed by atoms with Gasteiger partial charge in [-0.25, -0.2) is 8.42 Å². The van der Waals surface area contributed by atoms with Gasteiger partial charge >= 0.3 is 11.7 Å². The summed E-state index contributed by atoms with van der Waals surface area (Å²) in [5.74, 6) is -3.16. The van der Waals surface area contributed by atoms with Crippen LogP contribution in [0.5, 0.6) is 5.75 Å². The summed E-state index contributed by atoms with van der Waals surface area (Å²) in [6, 6.07) is 6.92. The van der Waals surface area contributed by atoms with Crippen LogP contribution in [0.25, 0.3) is 0 Å². The number of nitriles is 1. The predicted octanol–water partition coefficient (Wildman–Crippen LogP) is 4.05. The third-order valence-electron chi connectivity index (χ3n) is 7.66. The van der Waals surface area contributed by atoms with Crippen LogP contribution in [0.1, 0.15) is 56.7 Å². The molecule has 2 amide bonds. The van der Waals surface area contributed by atoms with E-state index in [9.17, 15) is 41.1 Å². The monoisotopic (exact) mass is 683 g/mol. The molecule has 1 aromatic heterocycles. The van der Waals surface area contributed by atoms with E-state index in [0.717, 1.165) is 17.0 Å². The van der Waals surface area contributed by atoms with E-state index in [0.29, 0.717) is 12.5 Å². The largest absolute Gasteiger partial charge is 0.501 e. The lowest BCUT2D eigenvalue weighted by Gasteiger charge is -2.33. The molecule has 45 heavy (non-hydrogen) atoms. The molecule has 1 unspecified atom stereocenters. The van der Waals surface area contributed by atoms with Gasteiger partial charge in [0.05, 0.1) is 43.9 Å². The molecule has 5 rings (SSSR count). The Hall–Kier alpha value is -4.13. The molecule has 3 aromatic rings. The first kappa shape index (κ1) is 32.3. The third kappa shape index (κ3) is 6.09. The van der Waals surface area contributed by atoms with Crippen LogP contribution < -0.4 is 5.56 Å². The number of hydrogen-bond donors (Lipinski definition) is 1. The molecule has 0 bridgehead atoms. The number of carbonyl (C=O) groups excluding carboxylic acids is 2. The van der Waals surface area contributed by atoms with Crippen LogP contribution >= 0.6 is 23.2 Å². The number of halogens is 5. The van der Waals surface area contributed by atoms with E-state index >= 15 is 0 Å². The summed E-state index contributed by atoms with van der Waals surface area (Å²) in [5.41, 5.74) is -3.86. The molecule has 3 heterocycles. The van der Waals surface area contributed by atoms with Gasteiger partial charge in [-0.15, -0.1) is 0 Å². The number of aromatic nitrogens is 2. The Bertz CT molecular complexity index is 1940. The van der Waals surface area contributed by atoms with E-state index < -0.39 is 67.8 Å². The first-order valence-corrected chi connectivity index (χ1v) is 15.8. The second-order valence-electron chi connectivity index (χ2n) is 10.3. The minimum atomic E-state index is -4.88. The fourth-order valence-electron chi connectivity index (χ4n) is 5.42. The van der Waals surface area contributed by atoms with Gasteiger partial charge in [-0.1, -0.05) is 23.2 Å². The van der Waals surface area contributed by atoms with Crippen molar-refractivity contribution in [2.75, 3.05) is 25.4 Å². The maximum atomic E-state index is 13.5. The molecule has 17 heteroatoms. The van der Waals surface area contributed by atoms with Gasteiger partial charge in [-0.05, 0) is 49.2 Å². The Labute approximate surface area is 263 Å². The summed E-state index contributed by atoms with van der Waals surface area (Å²) < 4.78 is 67.7. The van der Waals surface area contributed by atoms with Gasteiger partial charge < -0.3 is 19.5 Å². The van der Waals surface area contributed by atoms with Crippen molar-refractivity contribution in [3.05, 3.63) is 85.0 Å². The first-order valence-electron chi connectivity index (χ1n) is 13.4. The number of sulfone groups is 1. The van der Waals surface area contributed by atoms with Crippen LogP contribution in [0, 0.1) is 11.3 Å². The Morgan fingerprint density at radius 1 is 1.09 bits per heavy atom. The zero-order valence-corrected chi connectivity index (χ0v) is 25.3. The highest BCUT2D eigenvalue weighted by Gasteiger charge is 2.40. The maximum absolute atomic E-state index is 13.5. The molecule has 236 valence electrons. The fourth-order valence-corrected chi connectivity index (χ4v) is 7.05. The van der Waals surface area contributed by atoms with Crippen molar-refractivity contribution in [2.45, 2.75) is 36.5 Å². The van der Waals surface area contributed by atoms with Crippen LogP contribution in [0.4, 0.5) is 13.2 Å². The number of likely N-dealkylation sites (tertiary alicyclic amines) is 1. The smallest absolute Gasteiger partial charge is 0.417 e. The fraction of sp³-hybridized carbons (Fsp3) is 0.321. The second kappa shape index (κ2) is 12.0. The van der Waals surface area contributed by atoms with Crippen molar-refractivity contribution in [3.8, 4) is 11.8 Å². The van der Waals surface area contributed by atoms with Crippen molar-refractivity contribution >= 4 is 44.9 Å². The van der Waals surface area contributed by atoms with E-state index in [1.54, 1.807) is 0 Å². The zero-order chi connectivity index (χ0) is 32.8. The second-order valence-corrected chi connectivity index (χ2v) is 13.3. The number of benzene rings is 2.